The molecule has 2 N–H and O–H groups in total. The Morgan fingerprint density at radius 1 is 1.35 bits per heavy atom. The van der Waals surface area contributed by atoms with Gasteiger partial charge in [-0.25, -0.2) is 4.98 Å². The average Bonchev–Trinajstić information content (AvgIpc) is 3.29. The molecule has 2 aromatic rings. The molecule has 5 atom stereocenters. The minimum Gasteiger partial charge on any atom is -0.756 e. The van der Waals surface area contributed by atoms with Gasteiger partial charge in [-0.05, 0) is 12.8 Å². The van der Waals surface area contributed by atoms with Crippen molar-refractivity contribution in [3.63, 3.8) is 0 Å². The van der Waals surface area contributed by atoms with Gasteiger partial charge >= 0.3 is 35.5 Å². The number of phosphoric ester groups is 1. The summed E-state index contributed by atoms with van der Waals surface area (Å²) in [6, 6.07) is 0. The fourth-order valence-corrected chi connectivity index (χ4v) is 4.62. The first-order valence-electron chi connectivity index (χ1n) is 10.5. The number of esters is 1. The summed E-state index contributed by atoms with van der Waals surface area (Å²) in [5, 5.41) is 2.51. The Hall–Kier alpha value is -1.64. The predicted molar refractivity (Wildman–Crippen MR) is 109 cm³/mol. The Morgan fingerprint density at radius 2 is 2.09 bits per heavy atom. The first-order valence-corrected chi connectivity index (χ1v) is 11.9. The van der Waals surface area contributed by atoms with Gasteiger partial charge in [-0.1, -0.05) is 13.8 Å². The number of ether oxygens (including phenoxy) is 2. The predicted octanol–water partition coefficient (Wildman–Crippen LogP) is -2.64. The van der Waals surface area contributed by atoms with Gasteiger partial charge in [0.2, 0.25) is 11.9 Å². The van der Waals surface area contributed by atoms with E-state index in [1.165, 1.54) is 10.9 Å². The molecule has 34 heavy (non-hydrogen) atoms. The molecular weight excluding hydrogens is 484 g/mol. The number of nitrogens with one attached hydrogen (secondary N) is 2. The molecule has 4 rings (SSSR count). The third-order valence-corrected chi connectivity index (χ3v) is 6.06. The Labute approximate surface area is 215 Å². The van der Waals surface area contributed by atoms with Gasteiger partial charge in [0.15, 0.2) is 23.5 Å². The summed E-state index contributed by atoms with van der Waals surface area (Å²) in [7, 11) is -4.61. The van der Waals surface area contributed by atoms with Crippen molar-refractivity contribution < 1.29 is 67.1 Å². The molecule has 180 valence electrons. The summed E-state index contributed by atoms with van der Waals surface area (Å²) < 4.78 is 34.4. The second-order valence-corrected chi connectivity index (χ2v) is 8.98. The van der Waals surface area contributed by atoms with Gasteiger partial charge in [0.05, 0.1) is 12.9 Å². The van der Waals surface area contributed by atoms with Crippen LogP contribution in [0, 0.1) is 0 Å². The van der Waals surface area contributed by atoms with Crippen LogP contribution in [0.3, 0.4) is 0 Å². The number of rotatable bonds is 7. The first-order chi connectivity index (χ1) is 15.7. The van der Waals surface area contributed by atoms with Gasteiger partial charge in [0.1, 0.15) is 12.2 Å². The molecule has 1 amide bonds. The van der Waals surface area contributed by atoms with Crippen LogP contribution in [0.5, 0.6) is 0 Å². The summed E-state index contributed by atoms with van der Waals surface area (Å²) >= 11 is 0. The van der Waals surface area contributed by atoms with Crippen molar-refractivity contribution in [3.05, 3.63) is 16.7 Å². The van der Waals surface area contributed by atoms with Crippen molar-refractivity contribution in [2.75, 3.05) is 11.9 Å². The van der Waals surface area contributed by atoms with Crippen LogP contribution >= 0.6 is 7.82 Å². The number of carbonyl (C=O) groups excluding carboxylic acids is 2. The van der Waals surface area contributed by atoms with Crippen molar-refractivity contribution in [2.24, 2.45) is 0 Å². The molecule has 0 spiro atoms. The summed E-state index contributed by atoms with van der Waals surface area (Å²) in [6.07, 6.45) is -1.61. The van der Waals surface area contributed by atoms with E-state index >= 15 is 0 Å². The molecule has 0 saturated carbocycles. The number of H-pyrrole nitrogens is 1. The van der Waals surface area contributed by atoms with Crippen molar-refractivity contribution >= 4 is 36.8 Å². The number of hydrogen-bond donors (Lipinski definition) is 2. The van der Waals surface area contributed by atoms with Crippen LogP contribution in [0.1, 0.15) is 45.8 Å². The van der Waals surface area contributed by atoms with Crippen LogP contribution in [0.4, 0.5) is 5.95 Å². The second-order valence-electron chi connectivity index (χ2n) is 7.62. The van der Waals surface area contributed by atoms with Crippen molar-refractivity contribution in [1.82, 2.24) is 19.5 Å². The van der Waals surface area contributed by atoms with Crippen molar-refractivity contribution in [1.29, 1.82) is 0 Å². The smallest absolute Gasteiger partial charge is 0.756 e. The van der Waals surface area contributed by atoms with E-state index in [2.05, 4.69) is 20.3 Å². The van der Waals surface area contributed by atoms with E-state index in [1.807, 2.05) is 6.92 Å². The molecular formula is C18H23N5NaO9P. The van der Waals surface area contributed by atoms with Gasteiger partial charge in [0.25, 0.3) is 13.4 Å². The monoisotopic (exact) mass is 507 g/mol. The maximum atomic E-state index is 12.5. The molecule has 0 bridgehead atoms. The van der Waals surface area contributed by atoms with Gasteiger partial charge in [0, 0.05) is 12.8 Å². The number of imidazole rings is 1. The van der Waals surface area contributed by atoms with Crippen LogP contribution in [0.2, 0.25) is 0 Å². The zero-order chi connectivity index (χ0) is 23.8. The zero-order valence-corrected chi connectivity index (χ0v) is 21.8. The molecule has 2 saturated heterocycles. The molecule has 2 fully saturated rings. The van der Waals surface area contributed by atoms with E-state index in [4.69, 9.17) is 18.5 Å². The summed E-state index contributed by atoms with van der Waals surface area (Å²) in [5.74, 6) is -1.00. The second kappa shape index (κ2) is 11.0. The van der Waals surface area contributed by atoms with Crippen LogP contribution in [-0.2, 0) is 32.7 Å². The van der Waals surface area contributed by atoms with Crippen LogP contribution in [0.15, 0.2) is 11.1 Å². The van der Waals surface area contributed by atoms with Crippen molar-refractivity contribution in [3.8, 4) is 0 Å². The fourth-order valence-electron chi connectivity index (χ4n) is 3.67. The molecule has 14 nitrogen and oxygen atoms in total. The SMILES string of the molecule is CCCC(=O)Nc1nc2c(ncn2[C@@H]2O[C@@H]3COP(=O)([O-])O[C@H]3C2OC(=O)CCC)c(=O)[nH]1.[Na+]. The molecule has 0 aromatic carbocycles. The number of aromatic amines is 1. The van der Waals surface area contributed by atoms with E-state index in [-0.39, 0.29) is 72.0 Å². The molecule has 2 unspecified atom stereocenters. The normalized spacial score (nSPS) is 28.2. The van der Waals surface area contributed by atoms with E-state index in [0.717, 1.165) is 0 Å². The van der Waals surface area contributed by atoms with Crippen LogP contribution < -0.4 is 45.3 Å². The maximum Gasteiger partial charge on any atom is 1.00 e. The van der Waals surface area contributed by atoms with Crippen LogP contribution in [-0.4, -0.2) is 56.3 Å². The van der Waals surface area contributed by atoms with Crippen molar-refractivity contribution in [2.45, 2.75) is 64.1 Å². The topological polar surface area (TPSA) is 187 Å². The van der Waals surface area contributed by atoms with Crippen LogP contribution in [0.25, 0.3) is 11.2 Å². The first kappa shape index (κ1) is 27.0. The maximum absolute atomic E-state index is 12.5. The summed E-state index contributed by atoms with van der Waals surface area (Å²) in [6.45, 7) is 3.29. The fraction of sp³-hybridized carbons (Fsp3) is 0.611. The van der Waals surface area contributed by atoms with E-state index < -0.39 is 43.9 Å². The molecule has 2 aliphatic heterocycles. The van der Waals surface area contributed by atoms with Gasteiger partial charge in [-0.3, -0.25) is 33.8 Å². The minimum absolute atomic E-state index is 0. The molecule has 16 heteroatoms. The minimum atomic E-state index is -4.61. The Kier molecular flexibility index (Phi) is 8.69. The van der Waals surface area contributed by atoms with Gasteiger partial charge in [-0.2, -0.15) is 4.98 Å². The Bertz CT molecular complexity index is 1170. The van der Waals surface area contributed by atoms with Gasteiger partial charge in [-0.15, -0.1) is 0 Å². The summed E-state index contributed by atoms with van der Waals surface area (Å²) in [4.78, 5) is 59.3. The number of nitrogens with zero attached hydrogens (tertiary/aromatic N) is 3. The molecule has 0 radical (unpaired) electrons. The third kappa shape index (κ3) is 5.60. The summed E-state index contributed by atoms with van der Waals surface area (Å²) in [5.41, 5.74) is -0.617. The number of carbonyl (C=O) groups is 2. The Morgan fingerprint density at radius 3 is 2.79 bits per heavy atom. The van der Waals surface area contributed by atoms with E-state index in [0.29, 0.717) is 12.8 Å². The quantitative estimate of drug-likeness (QED) is 0.227. The van der Waals surface area contributed by atoms with E-state index in [9.17, 15) is 23.8 Å². The molecule has 2 aliphatic rings. The average molecular weight is 507 g/mol. The third-order valence-electron chi connectivity index (χ3n) is 5.10. The van der Waals surface area contributed by atoms with Gasteiger partial charge < -0.3 is 23.4 Å². The molecule has 2 aromatic heterocycles. The molecule has 4 heterocycles. The number of fused-ring (bicyclic) bond motifs is 2. The molecule has 0 aliphatic carbocycles. The van der Waals surface area contributed by atoms with E-state index in [1.54, 1.807) is 6.92 Å². The zero-order valence-electron chi connectivity index (χ0n) is 18.9. The number of aromatic nitrogens is 4. The number of anilines is 1. The number of hydrogen-bond acceptors (Lipinski definition) is 11. The standard InChI is InChI=1S/C18H24N5O9P.Na/c1-3-5-10(24)20-18-21-15-12(16(26)22-18)19-8-23(15)17-14(31-11(25)6-4-2)13-9(30-17)7-29-33(27,28)32-13;/h8-9,13-14,17H,3-7H2,1-2H3,(H,27,28)(H2,20,21,22,24,26);/q;+1/p-1/t9-,13-,14?,17-;/m1./s1. The number of amides is 1. The largest absolute Gasteiger partial charge is 1.00 e. The number of phosphoric acid groups is 1. The Balaban J connectivity index is 0.00000324.